The highest BCUT2D eigenvalue weighted by atomic mass is 16.3. The third kappa shape index (κ3) is 3.92. The lowest BCUT2D eigenvalue weighted by molar-refractivity contribution is 0.672. The average molecular weight is 676 g/mol. The molecule has 0 spiro atoms. The van der Waals surface area contributed by atoms with Gasteiger partial charge >= 0.3 is 0 Å². The summed E-state index contributed by atoms with van der Waals surface area (Å²) in [5.74, 6) is 0. The number of pyridine rings is 1. The van der Waals surface area contributed by atoms with Gasteiger partial charge in [0.1, 0.15) is 11.2 Å². The monoisotopic (exact) mass is 675 g/mol. The molecule has 0 aliphatic heterocycles. The molecule has 0 saturated heterocycles. The number of rotatable bonds is 3. The molecule has 4 heterocycles. The summed E-state index contributed by atoms with van der Waals surface area (Å²) in [6, 6.07) is 62.9. The van der Waals surface area contributed by atoms with Crippen molar-refractivity contribution in [1.29, 1.82) is 0 Å². The molecule has 4 aromatic heterocycles. The van der Waals surface area contributed by atoms with Crippen molar-refractivity contribution in [2.45, 2.75) is 0 Å². The van der Waals surface area contributed by atoms with E-state index >= 15 is 0 Å². The van der Waals surface area contributed by atoms with E-state index in [2.05, 4.69) is 173 Å². The van der Waals surface area contributed by atoms with Crippen molar-refractivity contribution in [2.24, 2.45) is 0 Å². The quantitative estimate of drug-likeness (QED) is 0.175. The highest BCUT2D eigenvalue weighted by Gasteiger charge is 2.22. The van der Waals surface area contributed by atoms with Gasteiger partial charge in [0.15, 0.2) is 0 Å². The molecule has 8 aromatic carbocycles. The normalized spacial score (nSPS) is 12.2. The van der Waals surface area contributed by atoms with Crippen LogP contribution in [0.2, 0.25) is 0 Å². The van der Waals surface area contributed by atoms with Crippen LogP contribution in [0.3, 0.4) is 0 Å². The van der Waals surface area contributed by atoms with E-state index in [9.17, 15) is 0 Å². The van der Waals surface area contributed by atoms with Crippen LogP contribution in [0.25, 0.3) is 110 Å². The second-order valence-corrected chi connectivity index (χ2v) is 13.9. The summed E-state index contributed by atoms with van der Waals surface area (Å²) < 4.78 is 11.5. The largest absolute Gasteiger partial charge is 0.455 e. The Hall–Kier alpha value is -7.17. The van der Waals surface area contributed by atoms with E-state index < -0.39 is 0 Å². The highest BCUT2D eigenvalue weighted by Crippen LogP contribution is 2.43. The molecule has 4 nitrogen and oxygen atoms in total. The Morgan fingerprint density at radius 3 is 1.60 bits per heavy atom. The van der Waals surface area contributed by atoms with Gasteiger partial charge in [0, 0.05) is 54.6 Å². The zero-order valence-electron chi connectivity index (χ0n) is 28.5. The first kappa shape index (κ1) is 28.5. The van der Waals surface area contributed by atoms with Crippen LogP contribution >= 0.6 is 0 Å². The van der Waals surface area contributed by atoms with Gasteiger partial charge < -0.3 is 13.6 Å². The van der Waals surface area contributed by atoms with Crippen LogP contribution in [0.1, 0.15) is 0 Å². The van der Waals surface area contributed by atoms with E-state index in [1.54, 1.807) is 0 Å². The van der Waals surface area contributed by atoms with Crippen LogP contribution in [0, 0.1) is 0 Å². The van der Waals surface area contributed by atoms with Gasteiger partial charge in [0.05, 0.1) is 38.7 Å². The fourth-order valence-corrected chi connectivity index (χ4v) is 8.82. The maximum atomic E-state index is 6.62. The molecule has 0 unspecified atom stereocenters. The smallest absolute Gasteiger partial charge is 0.145 e. The minimum absolute atomic E-state index is 0.875. The zero-order valence-corrected chi connectivity index (χ0v) is 28.5. The molecule has 12 aromatic rings. The first-order valence-electron chi connectivity index (χ1n) is 18.1. The molecule has 12 rings (SSSR count). The minimum Gasteiger partial charge on any atom is -0.455 e. The summed E-state index contributed by atoms with van der Waals surface area (Å²) in [5.41, 5.74) is 11.7. The van der Waals surface area contributed by atoms with Crippen molar-refractivity contribution in [1.82, 2.24) is 14.1 Å². The Kier molecular flexibility index (Phi) is 5.74. The number of para-hydroxylation sites is 5. The Bertz CT molecular complexity index is 3440. The molecule has 0 aliphatic carbocycles. The summed E-state index contributed by atoms with van der Waals surface area (Å²) in [6.45, 7) is 0. The summed E-state index contributed by atoms with van der Waals surface area (Å²) in [7, 11) is 0. The van der Waals surface area contributed by atoms with Crippen molar-refractivity contribution in [3.63, 3.8) is 0 Å². The summed E-state index contributed by atoms with van der Waals surface area (Å²) in [4.78, 5) is 5.33. The molecule has 53 heavy (non-hydrogen) atoms. The second kappa shape index (κ2) is 10.7. The van der Waals surface area contributed by atoms with Crippen molar-refractivity contribution >= 4 is 87.2 Å². The van der Waals surface area contributed by atoms with Crippen molar-refractivity contribution in [3.8, 4) is 22.6 Å². The SMILES string of the molecule is c1ccc(-n2c3ccccc3c3ccc4c5ccccc5n(-c5ccc(-c6nc7ccccc7c7ccc8c9ccccc9oc8c67)cc5)c4c32)cc1. The Labute approximate surface area is 303 Å². The fourth-order valence-electron chi connectivity index (χ4n) is 8.82. The number of aromatic nitrogens is 3. The van der Waals surface area contributed by atoms with Crippen LogP contribution in [0.4, 0.5) is 0 Å². The molecule has 0 bridgehead atoms. The predicted molar refractivity (Wildman–Crippen MR) is 221 cm³/mol. The predicted octanol–water partition coefficient (Wildman–Crippen LogP) is 13.1. The maximum absolute atomic E-state index is 6.62. The molecule has 0 amide bonds. The summed E-state index contributed by atoms with van der Waals surface area (Å²) in [5, 5.41) is 10.4. The lowest BCUT2D eigenvalue weighted by Crippen LogP contribution is -1.98. The molecule has 0 aliphatic rings. The Balaban J connectivity index is 1.15. The molecular formula is C49H29N3O. The van der Waals surface area contributed by atoms with Crippen LogP contribution in [0.5, 0.6) is 0 Å². The third-order valence-electron chi connectivity index (χ3n) is 11.1. The van der Waals surface area contributed by atoms with Crippen LogP contribution in [-0.4, -0.2) is 14.1 Å². The first-order valence-corrected chi connectivity index (χ1v) is 18.1. The van der Waals surface area contributed by atoms with E-state index in [1.165, 1.54) is 43.6 Å². The zero-order chi connectivity index (χ0) is 34.6. The number of nitrogens with zero attached hydrogens (tertiary/aromatic N) is 3. The maximum Gasteiger partial charge on any atom is 0.145 e. The minimum atomic E-state index is 0.875. The van der Waals surface area contributed by atoms with Crippen molar-refractivity contribution < 1.29 is 4.42 Å². The number of hydrogen-bond acceptors (Lipinski definition) is 2. The Morgan fingerprint density at radius 1 is 0.377 bits per heavy atom. The van der Waals surface area contributed by atoms with E-state index in [-0.39, 0.29) is 0 Å². The molecule has 0 saturated carbocycles. The van der Waals surface area contributed by atoms with Gasteiger partial charge in [-0.05, 0) is 60.0 Å². The van der Waals surface area contributed by atoms with Gasteiger partial charge in [-0.2, -0.15) is 0 Å². The first-order chi connectivity index (χ1) is 26.3. The molecule has 0 N–H and O–H groups in total. The molecule has 0 radical (unpaired) electrons. The lowest BCUT2D eigenvalue weighted by atomic mass is 9.97. The summed E-state index contributed by atoms with van der Waals surface area (Å²) in [6.07, 6.45) is 0. The van der Waals surface area contributed by atoms with Crippen molar-refractivity contribution in [2.75, 3.05) is 0 Å². The van der Waals surface area contributed by atoms with Gasteiger partial charge in [-0.1, -0.05) is 121 Å². The molecule has 4 heteroatoms. The van der Waals surface area contributed by atoms with E-state index in [4.69, 9.17) is 9.40 Å². The van der Waals surface area contributed by atoms with Crippen LogP contribution in [0.15, 0.2) is 180 Å². The van der Waals surface area contributed by atoms with Gasteiger partial charge in [0.2, 0.25) is 0 Å². The fraction of sp³-hybridized carbons (Fsp3) is 0. The molecular weight excluding hydrogens is 647 g/mol. The molecule has 0 fully saturated rings. The number of furan rings is 1. The van der Waals surface area contributed by atoms with Gasteiger partial charge in [0.25, 0.3) is 0 Å². The van der Waals surface area contributed by atoms with Gasteiger partial charge in [-0.15, -0.1) is 0 Å². The standard InChI is InChI=1S/C49H29N3O/c1-2-12-31(13-3-1)51-42-19-9-5-15-34(42)38-27-28-39-35-16-6-10-20-43(35)52(48(39)47(38)51)32-24-22-30(23-25-32)46-45-37(33-14-4-8-18-41(33)50-46)26-29-40-36-17-7-11-21-44(36)53-49(40)45/h1-29H. The Morgan fingerprint density at radius 2 is 0.906 bits per heavy atom. The van der Waals surface area contributed by atoms with Gasteiger partial charge in [-0.25, -0.2) is 4.98 Å². The number of fused-ring (bicyclic) bond motifs is 14. The van der Waals surface area contributed by atoms with E-state index in [1.807, 2.05) is 12.1 Å². The average Bonchev–Trinajstić information content (AvgIpc) is 3.89. The lowest BCUT2D eigenvalue weighted by Gasteiger charge is -2.14. The molecule has 246 valence electrons. The van der Waals surface area contributed by atoms with Gasteiger partial charge in [-0.3, -0.25) is 0 Å². The highest BCUT2D eigenvalue weighted by molar-refractivity contribution is 6.25. The van der Waals surface area contributed by atoms with E-state index in [0.717, 1.165) is 66.2 Å². The number of hydrogen-bond donors (Lipinski definition) is 0. The number of benzene rings is 8. The van der Waals surface area contributed by atoms with Crippen LogP contribution < -0.4 is 0 Å². The van der Waals surface area contributed by atoms with Crippen molar-refractivity contribution in [3.05, 3.63) is 176 Å². The third-order valence-corrected chi connectivity index (χ3v) is 11.1. The second-order valence-electron chi connectivity index (χ2n) is 13.9. The molecule has 0 atom stereocenters. The topological polar surface area (TPSA) is 35.9 Å². The summed E-state index contributed by atoms with van der Waals surface area (Å²) >= 11 is 0. The van der Waals surface area contributed by atoms with Crippen LogP contribution in [-0.2, 0) is 0 Å². The van der Waals surface area contributed by atoms with E-state index in [0.29, 0.717) is 0 Å².